The molecule has 0 aromatic heterocycles. The number of hydrogen-bond acceptors (Lipinski definition) is 0. The molecule has 0 aliphatic heterocycles. The van der Waals surface area contributed by atoms with Crippen LogP contribution in [-0.4, -0.2) is 0 Å². The molecule has 1 aliphatic rings. The molecular formula is C12H15F. The van der Waals surface area contributed by atoms with Gasteiger partial charge in [-0.2, -0.15) is 0 Å². The highest BCUT2D eigenvalue weighted by molar-refractivity contribution is 5.40. The van der Waals surface area contributed by atoms with Gasteiger partial charge in [-0.25, -0.2) is 4.39 Å². The van der Waals surface area contributed by atoms with Gasteiger partial charge >= 0.3 is 0 Å². The molecule has 1 aromatic rings. The second-order valence-electron chi connectivity index (χ2n) is 3.73. The van der Waals surface area contributed by atoms with Crippen molar-refractivity contribution in [2.45, 2.75) is 39.3 Å². The Morgan fingerprint density at radius 2 is 1.77 bits per heavy atom. The predicted molar refractivity (Wildman–Crippen MR) is 52.7 cm³/mol. The number of halogens is 1. The second-order valence-corrected chi connectivity index (χ2v) is 3.73. The number of fused-ring (bicyclic) bond motifs is 1. The summed E-state index contributed by atoms with van der Waals surface area (Å²) in [5.74, 6) is 0. The van der Waals surface area contributed by atoms with Crippen molar-refractivity contribution in [3.8, 4) is 0 Å². The van der Waals surface area contributed by atoms with Crippen LogP contribution in [0.3, 0.4) is 0 Å². The number of benzene rings is 1. The average molecular weight is 178 g/mol. The fourth-order valence-electron chi connectivity index (χ4n) is 2.18. The molecule has 0 atom stereocenters. The maximum absolute atomic E-state index is 12.6. The van der Waals surface area contributed by atoms with E-state index >= 15 is 0 Å². The summed E-state index contributed by atoms with van der Waals surface area (Å²) < 4.78 is 12.6. The van der Waals surface area contributed by atoms with E-state index in [1.807, 2.05) is 0 Å². The first kappa shape index (κ1) is 8.74. The van der Waals surface area contributed by atoms with Gasteiger partial charge in [-0.1, -0.05) is 19.1 Å². The molecule has 0 spiro atoms. The molecule has 0 saturated carbocycles. The molecule has 1 aliphatic carbocycles. The number of alkyl halides is 1. The van der Waals surface area contributed by atoms with Gasteiger partial charge in [0.25, 0.3) is 0 Å². The first-order valence-electron chi connectivity index (χ1n) is 5.04. The number of hydrogen-bond donors (Lipinski definition) is 0. The Balaban J connectivity index is 2.47. The van der Waals surface area contributed by atoms with Crippen molar-refractivity contribution in [3.05, 3.63) is 34.4 Å². The highest BCUT2D eigenvalue weighted by atomic mass is 19.1. The lowest BCUT2D eigenvalue weighted by Crippen LogP contribution is -1.94. The van der Waals surface area contributed by atoms with Gasteiger partial charge in [0.05, 0.1) is 0 Å². The summed E-state index contributed by atoms with van der Waals surface area (Å²) in [6, 6.07) is 4.28. The third-order valence-corrected chi connectivity index (χ3v) is 2.94. The maximum Gasteiger partial charge on any atom is 0.115 e. The van der Waals surface area contributed by atoms with E-state index in [-0.39, 0.29) is 6.67 Å². The van der Waals surface area contributed by atoms with Gasteiger partial charge in [-0.3, -0.25) is 0 Å². The standard InChI is InChI=1S/C12H15F/c1-2-9-6-10-4-3-5-11(10)7-12(9)8-13/h6-7H,2-5,8H2,1H3. The van der Waals surface area contributed by atoms with Crippen LogP contribution in [-0.2, 0) is 25.9 Å². The molecule has 0 heterocycles. The highest BCUT2D eigenvalue weighted by Crippen LogP contribution is 2.26. The summed E-state index contributed by atoms with van der Waals surface area (Å²) in [5, 5.41) is 0. The van der Waals surface area contributed by atoms with Gasteiger partial charge in [0, 0.05) is 0 Å². The lowest BCUT2D eigenvalue weighted by atomic mass is 9.99. The van der Waals surface area contributed by atoms with Crippen molar-refractivity contribution in [1.82, 2.24) is 0 Å². The summed E-state index contributed by atoms with van der Waals surface area (Å²) in [6.45, 7) is 1.78. The third kappa shape index (κ3) is 1.48. The zero-order chi connectivity index (χ0) is 9.26. The molecule has 0 bridgehead atoms. The monoisotopic (exact) mass is 178 g/mol. The zero-order valence-electron chi connectivity index (χ0n) is 8.07. The smallest absolute Gasteiger partial charge is 0.115 e. The molecule has 2 rings (SSSR count). The van der Waals surface area contributed by atoms with Gasteiger partial charge in [0.15, 0.2) is 0 Å². The first-order valence-corrected chi connectivity index (χ1v) is 5.04. The van der Waals surface area contributed by atoms with Crippen LogP contribution < -0.4 is 0 Å². The Morgan fingerprint density at radius 3 is 2.31 bits per heavy atom. The van der Waals surface area contributed by atoms with E-state index in [1.165, 1.54) is 29.5 Å². The van der Waals surface area contributed by atoms with Crippen LogP contribution in [0.4, 0.5) is 4.39 Å². The molecule has 0 saturated heterocycles. The van der Waals surface area contributed by atoms with Crippen molar-refractivity contribution in [2.75, 3.05) is 0 Å². The van der Waals surface area contributed by atoms with Gasteiger partial charge < -0.3 is 0 Å². The molecule has 0 amide bonds. The van der Waals surface area contributed by atoms with E-state index in [0.717, 1.165) is 18.4 Å². The van der Waals surface area contributed by atoms with Crippen molar-refractivity contribution in [1.29, 1.82) is 0 Å². The lowest BCUT2D eigenvalue weighted by Gasteiger charge is -2.07. The van der Waals surface area contributed by atoms with Crippen LogP contribution >= 0.6 is 0 Å². The molecule has 70 valence electrons. The van der Waals surface area contributed by atoms with Crippen LogP contribution in [0.5, 0.6) is 0 Å². The van der Waals surface area contributed by atoms with E-state index < -0.39 is 0 Å². The van der Waals surface area contributed by atoms with E-state index in [9.17, 15) is 4.39 Å². The number of aryl methyl sites for hydroxylation is 3. The minimum atomic E-state index is -0.309. The van der Waals surface area contributed by atoms with Gasteiger partial charge in [-0.15, -0.1) is 0 Å². The van der Waals surface area contributed by atoms with E-state index in [1.54, 1.807) is 0 Å². The molecule has 1 heteroatoms. The van der Waals surface area contributed by atoms with E-state index in [4.69, 9.17) is 0 Å². The van der Waals surface area contributed by atoms with Gasteiger partial charge in [0.1, 0.15) is 6.67 Å². The Morgan fingerprint density at radius 1 is 1.15 bits per heavy atom. The van der Waals surface area contributed by atoms with Gasteiger partial charge in [0.2, 0.25) is 0 Å². The third-order valence-electron chi connectivity index (χ3n) is 2.94. The van der Waals surface area contributed by atoms with Crippen LogP contribution in [0, 0.1) is 0 Å². The molecule has 0 unspecified atom stereocenters. The van der Waals surface area contributed by atoms with Crippen molar-refractivity contribution in [3.63, 3.8) is 0 Å². The average Bonchev–Trinajstić information content (AvgIpc) is 2.62. The molecule has 0 N–H and O–H groups in total. The summed E-state index contributed by atoms with van der Waals surface area (Å²) in [4.78, 5) is 0. The Hall–Kier alpha value is -0.850. The van der Waals surface area contributed by atoms with Crippen LogP contribution in [0.15, 0.2) is 12.1 Å². The highest BCUT2D eigenvalue weighted by Gasteiger charge is 2.13. The Bertz CT molecular complexity index is 284. The topological polar surface area (TPSA) is 0 Å². The summed E-state index contributed by atoms with van der Waals surface area (Å²) in [7, 11) is 0. The lowest BCUT2D eigenvalue weighted by molar-refractivity contribution is 0.482. The molecule has 1 aromatic carbocycles. The minimum Gasteiger partial charge on any atom is -0.246 e. The quantitative estimate of drug-likeness (QED) is 0.652. The zero-order valence-corrected chi connectivity index (χ0v) is 8.07. The van der Waals surface area contributed by atoms with Crippen molar-refractivity contribution in [2.24, 2.45) is 0 Å². The Kier molecular flexibility index (Phi) is 2.34. The number of rotatable bonds is 2. The van der Waals surface area contributed by atoms with Crippen molar-refractivity contribution < 1.29 is 4.39 Å². The fourth-order valence-corrected chi connectivity index (χ4v) is 2.18. The molecule has 0 radical (unpaired) electrons. The second kappa shape index (κ2) is 3.49. The minimum absolute atomic E-state index is 0.309. The molecule has 13 heavy (non-hydrogen) atoms. The van der Waals surface area contributed by atoms with E-state index in [0.29, 0.717) is 0 Å². The van der Waals surface area contributed by atoms with Crippen molar-refractivity contribution >= 4 is 0 Å². The summed E-state index contributed by atoms with van der Waals surface area (Å²) >= 11 is 0. The predicted octanol–water partition coefficient (Wildman–Crippen LogP) is 3.21. The molecular weight excluding hydrogens is 163 g/mol. The Labute approximate surface area is 78.8 Å². The SMILES string of the molecule is CCc1cc2c(cc1CF)CCC2. The largest absolute Gasteiger partial charge is 0.246 e. The van der Waals surface area contributed by atoms with Crippen LogP contribution in [0.2, 0.25) is 0 Å². The summed E-state index contributed by atoms with van der Waals surface area (Å²) in [6.07, 6.45) is 4.53. The molecule has 0 fully saturated rings. The maximum atomic E-state index is 12.6. The van der Waals surface area contributed by atoms with Gasteiger partial charge in [-0.05, 0) is 47.9 Å². The summed E-state index contributed by atoms with van der Waals surface area (Å²) in [5.41, 5.74) is 4.94. The fraction of sp³-hybridized carbons (Fsp3) is 0.500. The van der Waals surface area contributed by atoms with Crippen LogP contribution in [0.25, 0.3) is 0 Å². The normalized spacial score (nSPS) is 14.6. The molecule has 0 nitrogen and oxygen atoms in total. The van der Waals surface area contributed by atoms with Crippen LogP contribution in [0.1, 0.15) is 35.6 Å². The first-order chi connectivity index (χ1) is 6.35. The van der Waals surface area contributed by atoms with E-state index in [2.05, 4.69) is 19.1 Å².